The van der Waals surface area contributed by atoms with E-state index < -0.39 is 0 Å². The molecule has 0 fully saturated rings. The number of halogens is 1. The Morgan fingerprint density at radius 2 is 1.41 bits per heavy atom. The van der Waals surface area contributed by atoms with Gasteiger partial charge in [-0.1, -0.05) is 74.0 Å². The van der Waals surface area contributed by atoms with E-state index >= 15 is 0 Å². The van der Waals surface area contributed by atoms with Gasteiger partial charge in [0.1, 0.15) is 0 Å². The van der Waals surface area contributed by atoms with Gasteiger partial charge in [0.05, 0.1) is 0 Å². The summed E-state index contributed by atoms with van der Waals surface area (Å²) in [6.07, 6.45) is 0. The van der Waals surface area contributed by atoms with Crippen LogP contribution >= 0.6 is 11.6 Å². The molecule has 0 N–H and O–H groups in total. The summed E-state index contributed by atoms with van der Waals surface area (Å²) < 4.78 is 0. The smallest absolute Gasteiger partial charge is 0.0412 e. The molecule has 0 saturated heterocycles. The Hall–Kier alpha value is -2.05. The highest BCUT2D eigenvalue weighted by atomic mass is 35.5. The van der Waals surface area contributed by atoms with Gasteiger partial charge in [-0.2, -0.15) is 0 Å². The largest absolute Gasteiger partial charge is 0.0843 e. The summed E-state index contributed by atoms with van der Waals surface area (Å²) in [7, 11) is 0. The number of hydrogen-bond acceptors (Lipinski definition) is 0. The van der Waals surface area contributed by atoms with E-state index in [4.69, 9.17) is 11.6 Å². The highest BCUT2D eigenvalue weighted by Gasteiger charge is 2.34. The van der Waals surface area contributed by atoms with Gasteiger partial charge in [0.15, 0.2) is 0 Å². The summed E-state index contributed by atoms with van der Waals surface area (Å²) in [5.41, 5.74) is 7.96. The molecule has 1 aliphatic carbocycles. The van der Waals surface area contributed by atoms with Gasteiger partial charge in [0.25, 0.3) is 0 Å². The molecule has 0 saturated carbocycles. The van der Waals surface area contributed by atoms with Crippen LogP contribution in [0.1, 0.15) is 25.0 Å². The van der Waals surface area contributed by atoms with E-state index in [0.717, 1.165) is 10.6 Å². The van der Waals surface area contributed by atoms with Crippen molar-refractivity contribution in [3.05, 3.63) is 82.9 Å². The van der Waals surface area contributed by atoms with Gasteiger partial charge < -0.3 is 0 Å². The number of fused-ring (bicyclic) bond motifs is 3. The van der Waals surface area contributed by atoms with E-state index in [0.29, 0.717) is 0 Å². The van der Waals surface area contributed by atoms with E-state index in [2.05, 4.69) is 62.4 Å². The van der Waals surface area contributed by atoms with Gasteiger partial charge in [0, 0.05) is 10.4 Å². The minimum Gasteiger partial charge on any atom is -0.0843 e. The average Bonchev–Trinajstić information content (AvgIpc) is 2.76. The molecule has 0 aromatic heterocycles. The summed E-state index contributed by atoms with van der Waals surface area (Å²) in [5, 5.41) is 0.777. The predicted octanol–water partition coefficient (Wildman–Crippen LogP) is 6.31. The lowest BCUT2D eigenvalue weighted by Gasteiger charge is -2.21. The zero-order valence-electron chi connectivity index (χ0n) is 12.7. The summed E-state index contributed by atoms with van der Waals surface area (Å²) >= 11 is 6.14. The molecule has 0 spiro atoms. The fourth-order valence-electron chi connectivity index (χ4n) is 3.57. The molecule has 4 rings (SSSR count). The lowest BCUT2D eigenvalue weighted by atomic mass is 9.82. The van der Waals surface area contributed by atoms with Gasteiger partial charge in [-0.25, -0.2) is 0 Å². The van der Waals surface area contributed by atoms with Crippen LogP contribution in [0.4, 0.5) is 0 Å². The Labute approximate surface area is 136 Å². The molecule has 1 heteroatoms. The molecule has 3 aromatic carbocycles. The average molecular weight is 305 g/mol. The van der Waals surface area contributed by atoms with E-state index in [-0.39, 0.29) is 5.41 Å². The van der Waals surface area contributed by atoms with Crippen molar-refractivity contribution in [3.63, 3.8) is 0 Å². The van der Waals surface area contributed by atoms with E-state index in [1.165, 1.54) is 27.8 Å². The van der Waals surface area contributed by atoms with Crippen molar-refractivity contribution in [1.29, 1.82) is 0 Å². The molecule has 3 aromatic rings. The minimum atomic E-state index is 0.0682. The van der Waals surface area contributed by atoms with Crippen LogP contribution in [-0.2, 0) is 5.41 Å². The third-order valence-corrected chi connectivity index (χ3v) is 4.98. The van der Waals surface area contributed by atoms with Crippen molar-refractivity contribution in [1.82, 2.24) is 0 Å². The Kier molecular flexibility index (Phi) is 2.92. The Bertz CT molecular complexity index is 875. The minimum absolute atomic E-state index is 0.0682. The van der Waals surface area contributed by atoms with Crippen molar-refractivity contribution in [2.45, 2.75) is 19.3 Å². The first-order valence-electron chi connectivity index (χ1n) is 7.58. The molecular weight excluding hydrogens is 288 g/mol. The summed E-state index contributed by atoms with van der Waals surface area (Å²) in [6, 6.07) is 23.5. The maximum absolute atomic E-state index is 6.14. The number of benzene rings is 3. The zero-order valence-corrected chi connectivity index (χ0v) is 13.5. The number of hydrogen-bond donors (Lipinski definition) is 0. The molecule has 1 aliphatic rings. The van der Waals surface area contributed by atoms with Crippen molar-refractivity contribution in [3.8, 4) is 22.3 Å². The van der Waals surface area contributed by atoms with Gasteiger partial charge >= 0.3 is 0 Å². The fourth-order valence-corrected chi connectivity index (χ4v) is 3.76. The third kappa shape index (κ3) is 1.91. The molecular formula is C21H17Cl. The summed E-state index contributed by atoms with van der Waals surface area (Å²) in [5.74, 6) is 0. The predicted molar refractivity (Wildman–Crippen MR) is 94.5 cm³/mol. The van der Waals surface area contributed by atoms with Crippen LogP contribution in [0.3, 0.4) is 0 Å². The van der Waals surface area contributed by atoms with Crippen molar-refractivity contribution in [2.24, 2.45) is 0 Å². The van der Waals surface area contributed by atoms with Crippen molar-refractivity contribution in [2.75, 3.05) is 0 Å². The maximum atomic E-state index is 6.14. The zero-order chi connectivity index (χ0) is 15.3. The molecule has 108 valence electrons. The SMILES string of the molecule is CC1(C)c2ccccc2-c2cc(-c3cccc(Cl)c3)ccc21. The van der Waals surface area contributed by atoms with E-state index in [9.17, 15) is 0 Å². The van der Waals surface area contributed by atoms with Crippen molar-refractivity contribution < 1.29 is 0 Å². The topological polar surface area (TPSA) is 0 Å². The highest BCUT2D eigenvalue weighted by Crippen LogP contribution is 2.49. The van der Waals surface area contributed by atoms with Crippen LogP contribution in [0.25, 0.3) is 22.3 Å². The van der Waals surface area contributed by atoms with Crippen LogP contribution < -0.4 is 0 Å². The maximum Gasteiger partial charge on any atom is 0.0412 e. The van der Waals surface area contributed by atoms with Crippen LogP contribution in [0.5, 0.6) is 0 Å². The number of rotatable bonds is 1. The molecule has 0 radical (unpaired) electrons. The molecule has 0 atom stereocenters. The Morgan fingerprint density at radius 1 is 0.682 bits per heavy atom. The van der Waals surface area contributed by atoms with Crippen LogP contribution in [0, 0.1) is 0 Å². The normalized spacial score (nSPS) is 14.5. The Balaban J connectivity index is 1.94. The highest BCUT2D eigenvalue weighted by molar-refractivity contribution is 6.30. The first kappa shape index (κ1) is 13.6. The quantitative estimate of drug-likeness (QED) is 0.494. The van der Waals surface area contributed by atoms with Gasteiger partial charge in [-0.3, -0.25) is 0 Å². The molecule has 22 heavy (non-hydrogen) atoms. The van der Waals surface area contributed by atoms with E-state index in [1.54, 1.807) is 0 Å². The standard InChI is InChI=1S/C21H17Cl/c1-21(2)19-9-4-3-8-17(19)18-13-15(10-11-20(18)21)14-6-5-7-16(22)12-14/h3-13H,1-2H3. The fraction of sp³-hybridized carbons (Fsp3) is 0.143. The second-order valence-electron chi connectivity index (χ2n) is 6.44. The third-order valence-electron chi connectivity index (χ3n) is 4.74. The first-order valence-corrected chi connectivity index (χ1v) is 7.95. The monoisotopic (exact) mass is 304 g/mol. The van der Waals surface area contributed by atoms with Crippen LogP contribution in [-0.4, -0.2) is 0 Å². The lowest BCUT2D eigenvalue weighted by Crippen LogP contribution is -2.14. The lowest BCUT2D eigenvalue weighted by molar-refractivity contribution is 0.660. The second-order valence-corrected chi connectivity index (χ2v) is 6.88. The Morgan fingerprint density at radius 3 is 2.23 bits per heavy atom. The summed E-state index contributed by atoms with van der Waals surface area (Å²) in [6.45, 7) is 4.60. The van der Waals surface area contributed by atoms with Gasteiger partial charge in [-0.05, 0) is 51.6 Å². The molecule has 0 bridgehead atoms. The van der Waals surface area contributed by atoms with Crippen LogP contribution in [0.15, 0.2) is 66.7 Å². The van der Waals surface area contributed by atoms with E-state index in [1.807, 2.05) is 18.2 Å². The van der Waals surface area contributed by atoms with Crippen molar-refractivity contribution >= 4 is 11.6 Å². The molecule has 0 unspecified atom stereocenters. The first-order chi connectivity index (χ1) is 10.6. The molecule has 0 aliphatic heterocycles. The molecule has 0 amide bonds. The second kappa shape index (κ2) is 4.72. The van der Waals surface area contributed by atoms with Crippen LogP contribution in [0.2, 0.25) is 5.02 Å². The van der Waals surface area contributed by atoms with Gasteiger partial charge in [-0.15, -0.1) is 0 Å². The molecule has 0 nitrogen and oxygen atoms in total. The molecule has 0 heterocycles. The summed E-state index contributed by atoms with van der Waals surface area (Å²) in [4.78, 5) is 0. The van der Waals surface area contributed by atoms with Gasteiger partial charge in [0.2, 0.25) is 0 Å².